The standard InChI is InChI=1S/C20H18N4O2/c1-11-4-3-5-14-17(11)19(13-6-8-22-9-7-13)23-15(10-16(21)25)20-18(14)12(2)24-26-20/h3-9,15H,10H2,1-2H3,(H2,21,25)/t15-/m0/s1. The van der Waals surface area contributed by atoms with E-state index in [-0.39, 0.29) is 6.42 Å². The van der Waals surface area contributed by atoms with E-state index >= 15 is 0 Å². The quantitative estimate of drug-likeness (QED) is 0.788. The fourth-order valence-corrected chi connectivity index (χ4v) is 3.47. The first-order valence-corrected chi connectivity index (χ1v) is 8.39. The molecule has 1 atom stereocenters. The van der Waals surface area contributed by atoms with E-state index in [0.717, 1.165) is 39.2 Å². The molecular formula is C20H18N4O2. The highest BCUT2D eigenvalue weighted by Crippen LogP contribution is 2.41. The van der Waals surface area contributed by atoms with Crippen LogP contribution in [-0.4, -0.2) is 21.8 Å². The minimum atomic E-state index is -0.515. The number of hydrogen-bond acceptors (Lipinski definition) is 5. The van der Waals surface area contributed by atoms with E-state index < -0.39 is 11.9 Å². The Morgan fingerprint density at radius 1 is 1.15 bits per heavy atom. The average molecular weight is 346 g/mol. The molecule has 2 aromatic heterocycles. The average Bonchev–Trinajstić information content (AvgIpc) is 2.94. The van der Waals surface area contributed by atoms with Crippen LogP contribution in [-0.2, 0) is 4.79 Å². The predicted octanol–water partition coefficient (Wildman–Crippen LogP) is 3.12. The van der Waals surface area contributed by atoms with Gasteiger partial charge in [0.2, 0.25) is 5.91 Å². The van der Waals surface area contributed by atoms with Crippen LogP contribution < -0.4 is 5.73 Å². The van der Waals surface area contributed by atoms with Crippen LogP contribution in [0.5, 0.6) is 0 Å². The summed E-state index contributed by atoms with van der Waals surface area (Å²) in [5.74, 6) is 0.146. The van der Waals surface area contributed by atoms with Crippen LogP contribution in [0.4, 0.5) is 0 Å². The molecule has 2 N–H and O–H groups in total. The van der Waals surface area contributed by atoms with Crippen molar-refractivity contribution in [2.75, 3.05) is 0 Å². The molecule has 4 rings (SSSR count). The van der Waals surface area contributed by atoms with Gasteiger partial charge in [0, 0.05) is 23.5 Å². The number of fused-ring (bicyclic) bond motifs is 3. The lowest BCUT2D eigenvalue weighted by molar-refractivity contribution is -0.118. The molecule has 0 fully saturated rings. The molecular weight excluding hydrogens is 328 g/mol. The van der Waals surface area contributed by atoms with Crippen LogP contribution in [0.25, 0.3) is 11.1 Å². The van der Waals surface area contributed by atoms with Crippen LogP contribution in [0, 0.1) is 13.8 Å². The van der Waals surface area contributed by atoms with E-state index in [9.17, 15) is 4.79 Å². The van der Waals surface area contributed by atoms with Crippen molar-refractivity contribution in [1.82, 2.24) is 10.1 Å². The maximum atomic E-state index is 11.7. The van der Waals surface area contributed by atoms with E-state index in [1.165, 1.54) is 0 Å². The second-order valence-electron chi connectivity index (χ2n) is 6.40. The molecule has 6 heteroatoms. The van der Waals surface area contributed by atoms with E-state index in [0.29, 0.717) is 5.76 Å². The number of rotatable bonds is 3. The van der Waals surface area contributed by atoms with Crippen LogP contribution in [0.2, 0.25) is 0 Å². The number of carbonyl (C=O) groups is 1. The third-order valence-corrected chi connectivity index (χ3v) is 4.60. The van der Waals surface area contributed by atoms with Crippen LogP contribution in [0.15, 0.2) is 52.2 Å². The third-order valence-electron chi connectivity index (χ3n) is 4.60. The topological polar surface area (TPSA) is 94.4 Å². The highest BCUT2D eigenvalue weighted by atomic mass is 16.5. The maximum absolute atomic E-state index is 11.7. The van der Waals surface area contributed by atoms with Gasteiger partial charge in [-0.3, -0.25) is 14.8 Å². The summed E-state index contributed by atoms with van der Waals surface area (Å²) in [5, 5.41) is 4.12. The fraction of sp³-hybridized carbons (Fsp3) is 0.200. The molecule has 1 aliphatic heterocycles. The number of primary amides is 1. The summed E-state index contributed by atoms with van der Waals surface area (Å²) in [6.07, 6.45) is 3.52. The molecule has 3 heterocycles. The number of amides is 1. The molecule has 0 saturated carbocycles. The number of nitrogens with zero attached hydrogens (tertiary/aromatic N) is 3. The molecule has 3 aromatic rings. The van der Waals surface area contributed by atoms with Gasteiger partial charge in [-0.05, 0) is 37.1 Å². The summed E-state index contributed by atoms with van der Waals surface area (Å²) in [5.41, 5.74) is 12.0. The summed E-state index contributed by atoms with van der Waals surface area (Å²) < 4.78 is 5.58. The van der Waals surface area contributed by atoms with Gasteiger partial charge in [0.15, 0.2) is 5.76 Å². The van der Waals surface area contributed by atoms with Crippen molar-refractivity contribution in [3.63, 3.8) is 0 Å². The number of pyridine rings is 1. The summed E-state index contributed by atoms with van der Waals surface area (Å²) >= 11 is 0. The molecule has 6 nitrogen and oxygen atoms in total. The van der Waals surface area contributed by atoms with Gasteiger partial charge in [-0.1, -0.05) is 23.4 Å². The smallest absolute Gasteiger partial charge is 0.220 e. The number of aliphatic imine (C=N–C) groups is 1. The summed E-state index contributed by atoms with van der Waals surface area (Å²) in [6.45, 7) is 3.94. The zero-order valence-corrected chi connectivity index (χ0v) is 14.6. The molecule has 1 aliphatic rings. The van der Waals surface area contributed by atoms with Gasteiger partial charge in [-0.15, -0.1) is 0 Å². The second kappa shape index (κ2) is 6.22. The number of hydrogen-bond donors (Lipinski definition) is 1. The number of nitrogens with two attached hydrogens (primary N) is 1. The van der Waals surface area contributed by atoms with Gasteiger partial charge in [-0.2, -0.15) is 0 Å². The van der Waals surface area contributed by atoms with E-state index in [4.69, 9.17) is 15.2 Å². The van der Waals surface area contributed by atoms with Crippen molar-refractivity contribution in [1.29, 1.82) is 0 Å². The first-order valence-electron chi connectivity index (χ1n) is 8.39. The Labute approximate surface area is 150 Å². The van der Waals surface area contributed by atoms with Crippen molar-refractivity contribution in [2.24, 2.45) is 10.7 Å². The van der Waals surface area contributed by atoms with Gasteiger partial charge in [0.05, 0.1) is 23.4 Å². The predicted molar refractivity (Wildman–Crippen MR) is 97.8 cm³/mol. The number of carbonyl (C=O) groups excluding carboxylic acids is 1. The number of aromatic nitrogens is 2. The van der Waals surface area contributed by atoms with Gasteiger partial charge >= 0.3 is 0 Å². The van der Waals surface area contributed by atoms with Crippen molar-refractivity contribution >= 4 is 11.6 Å². The Hall–Kier alpha value is -3.28. The molecule has 1 amide bonds. The van der Waals surface area contributed by atoms with Crippen molar-refractivity contribution in [3.8, 4) is 11.1 Å². The van der Waals surface area contributed by atoms with Crippen molar-refractivity contribution in [3.05, 3.63) is 70.9 Å². The zero-order chi connectivity index (χ0) is 18.3. The molecule has 0 unspecified atom stereocenters. The Kier molecular flexibility index (Phi) is 3.88. The molecule has 0 spiro atoms. The summed E-state index contributed by atoms with van der Waals surface area (Å²) in [7, 11) is 0. The van der Waals surface area contributed by atoms with Crippen LogP contribution in [0.1, 0.15) is 40.6 Å². The second-order valence-corrected chi connectivity index (χ2v) is 6.40. The summed E-state index contributed by atoms with van der Waals surface area (Å²) in [6, 6.07) is 9.39. The molecule has 1 aromatic carbocycles. The largest absolute Gasteiger partial charge is 0.370 e. The molecule has 26 heavy (non-hydrogen) atoms. The van der Waals surface area contributed by atoms with E-state index in [1.54, 1.807) is 12.4 Å². The van der Waals surface area contributed by atoms with Crippen molar-refractivity contribution in [2.45, 2.75) is 26.3 Å². The Morgan fingerprint density at radius 2 is 1.92 bits per heavy atom. The molecule has 0 bridgehead atoms. The Morgan fingerprint density at radius 3 is 2.65 bits per heavy atom. The third kappa shape index (κ3) is 2.60. The Bertz CT molecular complexity index is 1020. The number of benzene rings is 1. The van der Waals surface area contributed by atoms with Crippen molar-refractivity contribution < 1.29 is 9.32 Å². The van der Waals surface area contributed by atoms with Gasteiger partial charge in [-0.25, -0.2) is 0 Å². The SMILES string of the molecule is Cc1cccc2c1C(c1ccncc1)=N[C@@H](CC(N)=O)c1onc(C)c1-2. The molecule has 130 valence electrons. The molecule has 0 saturated heterocycles. The lowest BCUT2D eigenvalue weighted by atomic mass is 9.90. The first kappa shape index (κ1) is 16.2. The number of aryl methyl sites for hydroxylation is 2. The lowest BCUT2D eigenvalue weighted by Crippen LogP contribution is -2.15. The fourth-order valence-electron chi connectivity index (χ4n) is 3.47. The highest BCUT2D eigenvalue weighted by Gasteiger charge is 2.31. The molecule has 0 aliphatic carbocycles. The molecule has 0 radical (unpaired) electrons. The van der Waals surface area contributed by atoms with Crippen LogP contribution >= 0.6 is 0 Å². The Balaban J connectivity index is 2.06. The minimum absolute atomic E-state index is 0.0588. The zero-order valence-electron chi connectivity index (χ0n) is 14.6. The van der Waals surface area contributed by atoms with Gasteiger partial charge in [0.25, 0.3) is 0 Å². The van der Waals surface area contributed by atoms with Gasteiger partial charge in [0.1, 0.15) is 6.04 Å². The minimum Gasteiger partial charge on any atom is -0.370 e. The summed E-state index contributed by atoms with van der Waals surface area (Å²) in [4.78, 5) is 20.7. The van der Waals surface area contributed by atoms with Gasteiger partial charge < -0.3 is 10.3 Å². The van der Waals surface area contributed by atoms with Crippen LogP contribution in [0.3, 0.4) is 0 Å². The van der Waals surface area contributed by atoms with E-state index in [1.807, 2.05) is 44.2 Å². The highest BCUT2D eigenvalue weighted by molar-refractivity contribution is 6.18. The van der Waals surface area contributed by atoms with E-state index in [2.05, 4.69) is 10.1 Å². The lowest BCUT2D eigenvalue weighted by Gasteiger charge is -2.13. The normalized spacial score (nSPS) is 15.6. The first-order chi connectivity index (χ1) is 12.6. The maximum Gasteiger partial charge on any atom is 0.220 e. The monoisotopic (exact) mass is 346 g/mol.